The first-order valence-electron chi connectivity index (χ1n) is 11.3. The number of benzene rings is 6. The zero-order valence-corrected chi connectivity index (χ0v) is 19.1. The topological polar surface area (TPSA) is 0 Å². The SMILES string of the molecule is c1ccc(P(c2ccccc2)c2ccc(-c3c4ccccc4cc4ccccc34)cc2)cc1. The van der Waals surface area contributed by atoms with Gasteiger partial charge in [-0.1, -0.05) is 133 Å². The highest BCUT2D eigenvalue weighted by Crippen LogP contribution is 2.38. The third-order valence-electron chi connectivity index (χ3n) is 6.21. The molecule has 0 atom stereocenters. The second kappa shape index (κ2) is 8.66. The molecule has 0 aliphatic carbocycles. The molecule has 0 fully saturated rings. The quantitative estimate of drug-likeness (QED) is 0.198. The highest BCUT2D eigenvalue weighted by atomic mass is 31.1. The normalized spacial score (nSPS) is 11.3. The summed E-state index contributed by atoms with van der Waals surface area (Å²) in [7, 11) is -0.596. The van der Waals surface area contributed by atoms with Gasteiger partial charge in [0, 0.05) is 0 Å². The minimum Gasteiger partial charge on any atom is -0.0622 e. The molecule has 0 aliphatic heterocycles. The van der Waals surface area contributed by atoms with Gasteiger partial charge in [-0.2, -0.15) is 0 Å². The van der Waals surface area contributed by atoms with Gasteiger partial charge in [-0.25, -0.2) is 0 Å². The van der Waals surface area contributed by atoms with Gasteiger partial charge in [0.2, 0.25) is 0 Å². The summed E-state index contributed by atoms with van der Waals surface area (Å²) in [6.45, 7) is 0. The molecule has 0 heterocycles. The van der Waals surface area contributed by atoms with Crippen molar-refractivity contribution in [3.05, 3.63) is 140 Å². The lowest BCUT2D eigenvalue weighted by Gasteiger charge is -2.20. The van der Waals surface area contributed by atoms with Crippen LogP contribution in [0.4, 0.5) is 0 Å². The van der Waals surface area contributed by atoms with Crippen molar-refractivity contribution < 1.29 is 0 Å². The molecule has 6 aromatic carbocycles. The fraction of sp³-hybridized carbons (Fsp3) is 0. The largest absolute Gasteiger partial charge is 0.0622 e. The molecule has 0 unspecified atom stereocenters. The van der Waals surface area contributed by atoms with Crippen LogP contribution in [0.5, 0.6) is 0 Å². The second-order valence-electron chi connectivity index (χ2n) is 8.25. The van der Waals surface area contributed by atoms with Crippen molar-refractivity contribution >= 4 is 45.4 Å². The number of hydrogen-bond donors (Lipinski definition) is 0. The standard InChI is InChI=1S/C32H23P/c1-3-13-27(14-4-1)33(28-15-5-2-6-16-28)29-21-19-24(20-22-29)32-30-17-9-7-11-25(30)23-26-12-8-10-18-31(26)32/h1-23H. The fourth-order valence-electron chi connectivity index (χ4n) is 4.70. The van der Waals surface area contributed by atoms with E-state index in [4.69, 9.17) is 0 Å². The molecule has 0 amide bonds. The minimum absolute atomic E-state index is 0.596. The molecule has 0 nitrogen and oxygen atoms in total. The highest BCUT2D eigenvalue weighted by molar-refractivity contribution is 7.79. The maximum absolute atomic E-state index is 2.33. The third kappa shape index (κ3) is 3.74. The molecule has 0 N–H and O–H groups in total. The lowest BCUT2D eigenvalue weighted by Crippen LogP contribution is -2.20. The summed E-state index contributed by atoms with van der Waals surface area (Å²) in [5, 5.41) is 9.30. The molecule has 0 saturated heterocycles. The van der Waals surface area contributed by atoms with Gasteiger partial charge in [0.15, 0.2) is 0 Å². The predicted octanol–water partition coefficient (Wildman–Crippen LogP) is 7.42. The van der Waals surface area contributed by atoms with Gasteiger partial charge in [-0.15, -0.1) is 0 Å². The Bertz CT molecular complexity index is 1440. The average molecular weight is 439 g/mol. The lowest BCUT2D eigenvalue weighted by atomic mass is 9.92. The van der Waals surface area contributed by atoms with Crippen LogP contribution in [0.2, 0.25) is 0 Å². The van der Waals surface area contributed by atoms with Crippen LogP contribution in [0.25, 0.3) is 32.7 Å². The Kier molecular flexibility index (Phi) is 5.23. The lowest BCUT2D eigenvalue weighted by molar-refractivity contribution is 1.69. The fourth-order valence-corrected chi connectivity index (χ4v) is 6.99. The van der Waals surface area contributed by atoms with Crippen LogP contribution in [0.3, 0.4) is 0 Å². The first-order chi connectivity index (χ1) is 16.4. The molecule has 0 aromatic heterocycles. The molecule has 0 aliphatic rings. The highest BCUT2D eigenvalue weighted by Gasteiger charge is 2.17. The molecule has 6 rings (SSSR count). The van der Waals surface area contributed by atoms with Crippen molar-refractivity contribution in [1.29, 1.82) is 0 Å². The summed E-state index contributed by atoms with van der Waals surface area (Å²) in [5.74, 6) is 0. The van der Waals surface area contributed by atoms with Crippen LogP contribution < -0.4 is 15.9 Å². The molecule has 156 valence electrons. The van der Waals surface area contributed by atoms with E-state index in [0.717, 1.165) is 0 Å². The van der Waals surface area contributed by atoms with Crippen molar-refractivity contribution in [2.75, 3.05) is 0 Å². The first-order valence-corrected chi connectivity index (χ1v) is 12.6. The van der Waals surface area contributed by atoms with Crippen molar-refractivity contribution in [1.82, 2.24) is 0 Å². The number of hydrogen-bond acceptors (Lipinski definition) is 0. The van der Waals surface area contributed by atoms with Crippen LogP contribution in [-0.2, 0) is 0 Å². The van der Waals surface area contributed by atoms with Crippen molar-refractivity contribution in [3.8, 4) is 11.1 Å². The van der Waals surface area contributed by atoms with Crippen molar-refractivity contribution in [2.24, 2.45) is 0 Å². The Morgan fingerprint density at radius 2 is 0.788 bits per heavy atom. The summed E-state index contributed by atoms with van der Waals surface area (Å²) < 4.78 is 0. The molecule has 6 aromatic rings. The van der Waals surface area contributed by atoms with E-state index in [9.17, 15) is 0 Å². The minimum atomic E-state index is -0.596. The van der Waals surface area contributed by atoms with Gasteiger partial charge < -0.3 is 0 Å². The number of rotatable bonds is 4. The zero-order valence-electron chi connectivity index (χ0n) is 18.2. The molecule has 1 heteroatoms. The van der Waals surface area contributed by atoms with Gasteiger partial charge in [-0.05, 0) is 62.6 Å². The van der Waals surface area contributed by atoms with Crippen LogP contribution >= 0.6 is 7.92 Å². The smallest absolute Gasteiger partial charge is 0.00268 e. The summed E-state index contributed by atoms with van der Waals surface area (Å²) in [4.78, 5) is 0. The van der Waals surface area contributed by atoms with Crippen molar-refractivity contribution in [3.63, 3.8) is 0 Å². The predicted molar refractivity (Wildman–Crippen MR) is 146 cm³/mol. The van der Waals surface area contributed by atoms with E-state index in [1.54, 1.807) is 0 Å². The maximum Gasteiger partial charge on any atom is -0.00268 e. The maximum atomic E-state index is 2.33. The van der Waals surface area contributed by atoms with Crippen LogP contribution in [0, 0.1) is 0 Å². The molecule has 33 heavy (non-hydrogen) atoms. The number of fused-ring (bicyclic) bond motifs is 2. The first kappa shape index (κ1) is 19.9. The molecular formula is C32H23P. The molecule has 0 bridgehead atoms. The Morgan fingerprint density at radius 3 is 1.30 bits per heavy atom. The van der Waals surface area contributed by atoms with Gasteiger partial charge >= 0.3 is 0 Å². The summed E-state index contributed by atoms with van der Waals surface area (Å²) in [6, 6.07) is 50.8. The van der Waals surface area contributed by atoms with E-state index in [2.05, 4.69) is 140 Å². The Morgan fingerprint density at radius 1 is 0.364 bits per heavy atom. The van der Waals surface area contributed by atoms with E-state index in [0.29, 0.717) is 0 Å². The molecule has 0 spiro atoms. The Labute approximate surface area is 195 Å². The van der Waals surface area contributed by atoms with Gasteiger partial charge in [0.1, 0.15) is 0 Å². The molecule has 0 saturated carbocycles. The molecule has 0 radical (unpaired) electrons. The van der Waals surface area contributed by atoms with E-state index in [-0.39, 0.29) is 0 Å². The summed E-state index contributed by atoms with van der Waals surface area (Å²) in [5.41, 5.74) is 2.59. The van der Waals surface area contributed by atoms with Crippen molar-refractivity contribution in [2.45, 2.75) is 0 Å². The average Bonchev–Trinajstić information content (AvgIpc) is 2.89. The molecular weight excluding hydrogens is 415 g/mol. The van der Waals surface area contributed by atoms with Gasteiger partial charge in [-0.3, -0.25) is 0 Å². The Hall–Kier alpha value is -3.73. The zero-order chi connectivity index (χ0) is 22.0. The second-order valence-corrected chi connectivity index (χ2v) is 10.5. The van der Waals surface area contributed by atoms with E-state index >= 15 is 0 Å². The van der Waals surface area contributed by atoms with Gasteiger partial charge in [0.05, 0.1) is 0 Å². The Balaban J connectivity index is 1.52. The third-order valence-corrected chi connectivity index (χ3v) is 8.66. The van der Waals surface area contributed by atoms with E-state index in [1.165, 1.54) is 48.6 Å². The van der Waals surface area contributed by atoms with Crippen LogP contribution in [-0.4, -0.2) is 0 Å². The van der Waals surface area contributed by atoms with E-state index in [1.807, 2.05) is 0 Å². The monoisotopic (exact) mass is 438 g/mol. The summed E-state index contributed by atoms with van der Waals surface area (Å²) >= 11 is 0. The van der Waals surface area contributed by atoms with Crippen LogP contribution in [0.15, 0.2) is 140 Å². The van der Waals surface area contributed by atoms with Crippen LogP contribution in [0.1, 0.15) is 0 Å². The van der Waals surface area contributed by atoms with Gasteiger partial charge in [0.25, 0.3) is 0 Å². The van der Waals surface area contributed by atoms with E-state index < -0.39 is 7.92 Å². The summed E-state index contributed by atoms with van der Waals surface area (Å²) in [6.07, 6.45) is 0.